The zero-order chi connectivity index (χ0) is 16.9. The topological polar surface area (TPSA) is 60.2 Å². The van der Waals surface area contributed by atoms with Crippen molar-refractivity contribution in [2.45, 2.75) is 32.1 Å². The van der Waals surface area contributed by atoms with Gasteiger partial charge < -0.3 is 14.2 Å². The smallest absolute Gasteiger partial charge is 0.227 e. The zero-order valence-electron chi connectivity index (χ0n) is 14.3. The minimum Gasteiger partial charge on any atom is -0.494 e. The van der Waals surface area contributed by atoms with E-state index in [2.05, 4.69) is 10.2 Å². The van der Waals surface area contributed by atoms with Crippen molar-refractivity contribution in [3.05, 3.63) is 42.0 Å². The molecule has 0 aliphatic carbocycles. The number of piperidine rings is 1. The number of likely N-dealkylation sites (tertiary alicyclic amines) is 1. The van der Waals surface area contributed by atoms with Crippen LogP contribution in [0.25, 0.3) is 0 Å². The van der Waals surface area contributed by atoms with Gasteiger partial charge in [0.2, 0.25) is 5.91 Å². The molecular formula is C18H24N4O2. The molecule has 0 radical (unpaired) electrons. The molecule has 0 spiro atoms. The maximum absolute atomic E-state index is 12.6. The second kappa shape index (κ2) is 7.47. The van der Waals surface area contributed by atoms with Gasteiger partial charge in [-0.1, -0.05) is 12.1 Å². The van der Waals surface area contributed by atoms with Crippen LogP contribution in [0.5, 0.6) is 5.75 Å². The second-order valence-corrected chi connectivity index (χ2v) is 6.23. The molecule has 24 heavy (non-hydrogen) atoms. The standard InChI is InChI=1S/C18H24N4O2/c1-3-24-16-8-6-14(7-9-16)11-17(23)22-10-4-5-15(12-22)18-20-19-13-21(18)2/h6-9,13,15H,3-5,10-12H2,1-2H3. The Hall–Kier alpha value is -2.37. The number of ether oxygens (including phenoxy) is 1. The molecule has 2 aromatic rings. The molecule has 1 aliphatic rings. The minimum atomic E-state index is 0.172. The fourth-order valence-corrected chi connectivity index (χ4v) is 3.23. The van der Waals surface area contributed by atoms with E-state index in [1.165, 1.54) is 0 Å². The zero-order valence-corrected chi connectivity index (χ0v) is 14.3. The van der Waals surface area contributed by atoms with Crippen molar-refractivity contribution in [1.29, 1.82) is 0 Å². The molecule has 1 fully saturated rings. The summed E-state index contributed by atoms with van der Waals surface area (Å²) in [6.07, 6.45) is 4.21. The average molecular weight is 328 g/mol. The van der Waals surface area contributed by atoms with E-state index in [-0.39, 0.29) is 11.8 Å². The molecule has 6 heteroatoms. The lowest BCUT2D eigenvalue weighted by molar-refractivity contribution is -0.131. The molecule has 1 aliphatic heterocycles. The number of carbonyl (C=O) groups excluding carboxylic acids is 1. The number of benzene rings is 1. The summed E-state index contributed by atoms with van der Waals surface area (Å²) < 4.78 is 7.39. The van der Waals surface area contributed by atoms with Gasteiger partial charge in [-0.2, -0.15) is 0 Å². The highest BCUT2D eigenvalue weighted by Crippen LogP contribution is 2.25. The van der Waals surface area contributed by atoms with Crippen molar-refractivity contribution in [3.63, 3.8) is 0 Å². The van der Waals surface area contributed by atoms with Crippen molar-refractivity contribution in [1.82, 2.24) is 19.7 Å². The normalized spacial score (nSPS) is 17.8. The predicted octanol–water partition coefficient (Wildman–Crippen LogP) is 2.16. The van der Waals surface area contributed by atoms with Gasteiger partial charge in [-0.05, 0) is 37.5 Å². The summed E-state index contributed by atoms with van der Waals surface area (Å²) in [5.41, 5.74) is 1.02. The lowest BCUT2D eigenvalue weighted by atomic mass is 9.96. The first-order chi connectivity index (χ1) is 11.7. The first-order valence-corrected chi connectivity index (χ1v) is 8.50. The number of carbonyl (C=O) groups is 1. The number of amides is 1. The van der Waals surface area contributed by atoms with Crippen LogP contribution in [0.4, 0.5) is 0 Å². The fraction of sp³-hybridized carbons (Fsp3) is 0.500. The van der Waals surface area contributed by atoms with Gasteiger partial charge in [-0.15, -0.1) is 10.2 Å². The summed E-state index contributed by atoms with van der Waals surface area (Å²) in [6, 6.07) is 7.77. The Kier molecular flexibility index (Phi) is 5.13. The molecule has 1 amide bonds. The lowest BCUT2D eigenvalue weighted by Gasteiger charge is -2.32. The number of nitrogens with zero attached hydrogens (tertiary/aromatic N) is 4. The van der Waals surface area contributed by atoms with E-state index in [0.29, 0.717) is 13.0 Å². The van der Waals surface area contributed by atoms with Crippen LogP contribution in [-0.4, -0.2) is 45.3 Å². The molecular weight excluding hydrogens is 304 g/mol. The maximum atomic E-state index is 12.6. The van der Waals surface area contributed by atoms with Gasteiger partial charge in [-0.3, -0.25) is 4.79 Å². The highest BCUT2D eigenvalue weighted by atomic mass is 16.5. The summed E-state index contributed by atoms with van der Waals surface area (Å²) in [5, 5.41) is 8.16. The summed E-state index contributed by atoms with van der Waals surface area (Å²) in [7, 11) is 1.95. The third-order valence-corrected chi connectivity index (χ3v) is 4.48. The van der Waals surface area contributed by atoms with Crippen LogP contribution in [0.1, 0.15) is 37.1 Å². The quantitative estimate of drug-likeness (QED) is 0.844. The first kappa shape index (κ1) is 16.5. The van der Waals surface area contributed by atoms with Crippen LogP contribution in [0.2, 0.25) is 0 Å². The molecule has 0 bridgehead atoms. The van der Waals surface area contributed by atoms with Gasteiger partial charge in [-0.25, -0.2) is 0 Å². The van der Waals surface area contributed by atoms with Crippen LogP contribution >= 0.6 is 0 Å². The monoisotopic (exact) mass is 328 g/mol. The van der Waals surface area contributed by atoms with Crippen LogP contribution in [-0.2, 0) is 18.3 Å². The van der Waals surface area contributed by atoms with Crippen LogP contribution in [0, 0.1) is 0 Å². The number of hydrogen-bond donors (Lipinski definition) is 0. The van der Waals surface area contributed by atoms with Crippen LogP contribution in [0.15, 0.2) is 30.6 Å². The Labute approximate surface area is 142 Å². The molecule has 1 aromatic carbocycles. The first-order valence-electron chi connectivity index (χ1n) is 8.50. The summed E-state index contributed by atoms with van der Waals surface area (Å²) >= 11 is 0. The number of rotatable bonds is 5. The SMILES string of the molecule is CCOc1ccc(CC(=O)N2CCCC(c3nncn3C)C2)cc1. The van der Waals surface area contributed by atoms with Crippen molar-refractivity contribution >= 4 is 5.91 Å². The van der Waals surface area contributed by atoms with E-state index in [4.69, 9.17) is 4.74 Å². The van der Waals surface area contributed by atoms with Crippen molar-refractivity contribution in [3.8, 4) is 5.75 Å². The molecule has 6 nitrogen and oxygen atoms in total. The van der Waals surface area contributed by atoms with Gasteiger partial charge in [0.15, 0.2) is 0 Å². The van der Waals surface area contributed by atoms with Gasteiger partial charge >= 0.3 is 0 Å². The number of hydrogen-bond acceptors (Lipinski definition) is 4. The molecule has 2 heterocycles. The van der Waals surface area contributed by atoms with Crippen LogP contribution < -0.4 is 4.74 Å². The summed E-state index contributed by atoms with van der Waals surface area (Å²) in [5.74, 6) is 2.25. The number of aryl methyl sites for hydroxylation is 1. The van der Waals surface area contributed by atoms with Gasteiger partial charge in [0.25, 0.3) is 0 Å². The highest BCUT2D eigenvalue weighted by molar-refractivity contribution is 5.79. The molecule has 1 aromatic heterocycles. The van der Waals surface area contributed by atoms with Crippen molar-refractivity contribution in [2.75, 3.05) is 19.7 Å². The van der Waals surface area contributed by atoms with Gasteiger partial charge in [0, 0.05) is 26.1 Å². The Bertz CT molecular complexity index is 681. The van der Waals surface area contributed by atoms with E-state index in [9.17, 15) is 4.79 Å². The van der Waals surface area contributed by atoms with E-state index in [1.54, 1.807) is 6.33 Å². The third-order valence-electron chi connectivity index (χ3n) is 4.48. The maximum Gasteiger partial charge on any atom is 0.227 e. The highest BCUT2D eigenvalue weighted by Gasteiger charge is 2.27. The Morgan fingerprint density at radius 3 is 2.79 bits per heavy atom. The van der Waals surface area contributed by atoms with E-state index in [1.807, 2.05) is 47.7 Å². The third kappa shape index (κ3) is 3.75. The lowest BCUT2D eigenvalue weighted by Crippen LogP contribution is -2.40. The Balaban J connectivity index is 1.61. The van der Waals surface area contributed by atoms with Gasteiger partial charge in [0.1, 0.15) is 17.9 Å². The van der Waals surface area contributed by atoms with E-state index >= 15 is 0 Å². The number of aromatic nitrogens is 3. The van der Waals surface area contributed by atoms with E-state index in [0.717, 1.165) is 43.1 Å². The Morgan fingerprint density at radius 1 is 1.33 bits per heavy atom. The van der Waals surface area contributed by atoms with Crippen LogP contribution in [0.3, 0.4) is 0 Å². The minimum absolute atomic E-state index is 0.172. The molecule has 1 atom stereocenters. The van der Waals surface area contributed by atoms with E-state index < -0.39 is 0 Å². The second-order valence-electron chi connectivity index (χ2n) is 6.23. The van der Waals surface area contributed by atoms with Crippen molar-refractivity contribution in [2.24, 2.45) is 7.05 Å². The summed E-state index contributed by atoms with van der Waals surface area (Å²) in [6.45, 7) is 4.16. The largest absolute Gasteiger partial charge is 0.494 e. The predicted molar refractivity (Wildman–Crippen MR) is 90.9 cm³/mol. The molecule has 3 rings (SSSR count). The van der Waals surface area contributed by atoms with Gasteiger partial charge in [0.05, 0.1) is 13.0 Å². The molecule has 1 saturated heterocycles. The Morgan fingerprint density at radius 2 is 2.12 bits per heavy atom. The molecule has 0 saturated carbocycles. The fourth-order valence-electron chi connectivity index (χ4n) is 3.23. The van der Waals surface area contributed by atoms with Crippen molar-refractivity contribution < 1.29 is 9.53 Å². The molecule has 128 valence electrons. The average Bonchev–Trinajstić information content (AvgIpc) is 3.03. The molecule has 0 N–H and O–H groups in total. The molecule has 1 unspecified atom stereocenters. The summed E-state index contributed by atoms with van der Waals surface area (Å²) in [4.78, 5) is 14.6.